The second kappa shape index (κ2) is 6.21. The fraction of sp³-hybridized carbons (Fsp3) is 0.600. The lowest BCUT2D eigenvalue weighted by Gasteiger charge is -2.29. The molecular formula is C15H23NO2. The van der Waals surface area contributed by atoms with Crippen LogP contribution in [0.4, 0.5) is 5.69 Å². The molecule has 3 heteroatoms. The summed E-state index contributed by atoms with van der Waals surface area (Å²) in [7, 11) is 2.15. The molecule has 1 aliphatic rings. The van der Waals surface area contributed by atoms with Gasteiger partial charge in [0.1, 0.15) is 0 Å². The van der Waals surface area contributed by atoms with Crippen LogP contribution in [-0.2, 0) is 11.3 Å². The van der Waals surface area contributed by atoms with Gasteiger partial charge in [-0.05, 0) is 42.9 Å². The van der Waals surface area contributed by atoms with Crippen LogP contribution in [0.5, 0.6) is 0 Å². The zero-order valence-electron chi connectivity index (χ0n) is 11.4. The number of anilines is 1. The SMILES string of the molecule is Cc1cc(CO)ccc1N(C)CC1CCOCC1. The monoisotopic (exact) mass is 249 g/mol. The molecule has 2 rings (SSSR count). The van der Waals surface area contributed by atoms with E-state index < -0.39 is 0 Å². The van der Waals surface area contributed by atoms with Crippen LogP contribution in [0.15, 0.2) is 18.2 Å². The number of nitrogens with zero attached hydrogens (tertiary/aromatic N) is 1. The van der Waals surface area contributed by atoms with E-state index in [1.165, 1.54) is 11.3 Å². The van der Waals surface area contributed by atoms with Crippen molar-refractivity contribution in [2.45, 2.75) is 26.4 Å². The molecule has 0 unspecified atom stereocenters. The van der Waals surface area contributed by atoms with Crippen molar-refractivity contribution in [1.29, 1.82) is 0 Å². The number of ether oxygens (including phenoxy) is 1. The van der Waals surface area contributed by atoms with E-state index in [0.29, 0.717) is 0 Å². The van der Waals surface area contributed by atoms with E-state index in [-0.39, 0.29) is 6.61 Å². The lowest BCUT2D eigenvalue weighted by molar-refractivity contribution is 0.0685. The molecule has 1 aliphatic heterocycles. The van der Waals surface area contributed by atoms with Crippen LogP contribution in [0.25, 0.3) is 0 Å². The largest absolute Gasteiger partial charge is 0.392 e. The first-order valence-corrected chi connectivity index (χ1v) is 6.70. The molecule has 1 aromatic rings. The molecule has 0 amide bonds. The van der Waals surface area contributed by atoms with Crippen molar-refractivity contribution in [3.63, 3.8) is 0 Å². The second-order valence-electron chi connectivity index (χ2n) is 5.22. The lowest BCUT2D eigenvalue weighted by Crippen LogP contribution is -2.29. The fourth-order valence-electron chi connectivity index (χ4n) is 2.66. The first kappa shape index (κ1) is 13.4. The highest BCUT2D eigenvalue weighted by atomic mass is 16.5. The van der Waals surface area contributed by atoms with Crippen molar-refractivity contribution < 1.29 is 9.84 Å². The van der Waals surface area contributed by atoms with Gasteiger partial charge in [-0.25, -0.2) is 0 Å². The number of aliphatic hydroxyl groups excluding tert-OH is 1. The van der Waals surface area contributed by atoms with Gasteiger partial charge in [0.25, 0.3) is 0 Å². The van der Waals surface area contributed by atoms with E-state index in [9.17, 15) is 0 Å². The Morgan fingerprint density at radius 1 is 1.33 bits per heavy atom. The van der Waals surface area contributed by atoms with Crippen molar-refractivity contribution in [2.24, 2.45) is 5.92 Å². The Morgan fingerprint density at radius 3 is 2.67 bits per heavy atom. The molecule has 100 valence electrons. The molecule has 3 nitrogen and oxygen atoms in total. The third-order valence-corrected chi connectivity index (χ3v) is 3.73. The third kappa shape index (κ3) is 3.24. The molecule has 1 aromatic carbocycles. The van der Waals surface area contributed by atoms with E-state index in [1.807, 2.05) is 6.07 Å². The van der Waals surface area contributed by atoms with Crippen molar-refractivity contribution in [2.75, 3.05) is 31.7 Å². The zero-order valence-corrected chi connectivity index (χ0v) is 11.4. The highest BCUT2D eigenvalue weighted by Gasteiger charge is 2.16. The maximum absolute atomic E-state index is 9.13. The molecule has 1 N–H and O–H groups in total. The van der Waals surface area contributed by atoms with Gasteiger partial charge in [-0.3, -0.25) is 0 Å². The summed E-state index contributed by atoms with van der Waals surface area (Å²) >= 11 is 0. The van der Waals surface area contributed by atoms with Gasteiger partial charge in [-0.1, -0.05) is 12.1 Å². The maximum atomic E-state index is 9.13. The molecule has 1 saturated heterocycles. The minimum Gasteiger partial charge on any atom is -0.392 e. The van der Waals surface area contributed by atoms with Crippen LogP contribution in [-0.4, -0.2) is 31.9 Å². The van der Waals surface area contributed by atoms with Gasteiger partial charge >= 0.3 is 0 Å². The van der Waals surface area contributed by atoms with Gasteiger partial charge < -0.3 is 14.7 Å². The summed E-state index contributed by atoms with van der Waals surface area (Å²) in [5.41, 5.74) is 3.48. The average molecular weight is 249 g/mol. The number of aryl methyl sites for hydroxylation is 1. The molecule has 1 fully saturated rings. The molecule has 1 heterocycles. The Kier molecular flexibility index (Phi) is 4.61. The molecule has 0 aliphatic carbocycles. The molecular weight excluding hydrogens is 226 g/mol. The van der Waals surface area contributed by atoms with Crippen LogP contribution in [0.3, 0.4) is 0 Å². The third-order valence-electron chi connectivity index (χ3n) is 3.73. The topological polar surface area (TPSA) is 32.7 Å². The number of aliphatic hydroxyl groups is 1. The summed E-state index contributed by atoms with van der Waals surface area (Å²) in [4.78, 5) is 2.33. The number of benzene rings is 1. The summed E-state index contributed by atoms with van der Waals surface area (Å²) in [6, 6.07) is 6.18. The molecule has 0 spiro atoms. The maximum Gasteiger partial charge on any atom is 0.0681 e. The highest BCUT2D eigenvalue weighted by molar-refractivity contribution is 5.53. The van der Waals surface area contributed by atoms with Gasteiger partial charge in [0.05, 0.1) is 6.61 Å². The molecule has 0 aromatic heterocycles. The highest BCUT2D eigenvalue weighted by Crippen LogP contribution is 2.23. The number of hydrogen-bond acceptors (Lipinski definition) is 3. The molecule has 18 heavy (non-hydrogen) atoms. The average Bonchev–Trinajstić information content (AvgIpc) is 2.39. The second-order valence-corrected chi connectivity index (χ2v) is 5.22. The van der Waals surface area contributed by atoms with Gasteiger partial charge in [0.15, 0.2) is 0 Å². The van der Waals surface area contributed by atoms with Gasteiger partial charge in [-0.15, -0.1) is 0 Å². The first-order valence-electron chi connectivity index (χ1n) is 6.70. The standard InChI is InChI=1S/C15H23NO2/c1-12-9-14(11-17)3-4-15(12)16(2)10-13-5-7-18-8-6-13/h3-4,9,13,17H,5-8,10-11H2,1-2H3. The van der Waals surface area contributed by atoms with Crippen LogP contribution in [0.1, 0.15) is 24.0 Å². The van der Waals surface area contributed by atoms with Gasteiger partial charge in [-0.2, -0.15) is 0 Å². The Bertz CT molecular complexity index is 386. The number of rotatable bonds is 4. The normalized spacial score (nSPS) is 16.8. The minimum atomic E-state index is 0.116. The smallest absolute Gasteiger partial charge is 0.0681 e. The van der Waals surface area contributed by atoms with E-state index >= 15 is 0 Å². The summed E-state index contributed by atoms with van der Waals surface area (Å²) in [6.45, 7) is 5.12. The van der Waals surface area contributed by atoms with E-state index in [4.69, 9.17) is 9.84 Å². The van der Waals surface area contributed by atoms with E-state index in [0.717, 1.165) is 44.1 Å². The quantitative estimate of drug-likeness (QED) is 0.889. The Morgan fingerprint density at radius 2 is 2.06 bits per heavy atom. The van der Waals surface area contributed by atoms with Crippen LogP contribution in [0.2, 0.25) is 0 Å². The van der Waals surface area contributed by atoms with Crippen LogP contribution >= 0.6 is 0 Å². The van der Waals surface area contributed by atoms with Crippen LogP contribution < -0.4 is 4.90 Å². The predicted octanol–water partition coefficient (Wildman–Crippen LogP) is 2.35. The predicted molar refractivity (Wildman–Crippen MR) is 73.9 cm³/mol. The van der Waals surface area contributed by atoms with Crippen LogP contribution in [0, 0.1) is 12.8 Å². The van der Waals surface area contributed by atoms with Crippen molar-refractivity contribution in [3.8, 4) is 0 Å². The summed E-state index contributed by atoms with van der Waals surface area (Å²) < 4.78 is 5.39. The zero-order chi connectivity index (χ0) is 13.0. The Balaban J connectivity index is 2.01. The summed E-state index contributed by atoms with van der Waals surface area (Å²) in [5, 5.41) is 9.13. The molecule has 0 radical (unpaired) electrons. The summed E-state index contributed by atoms with van der Waals surface area (Å²) in [6.07, 6.45) is 2.33. The number of hydrogen-bond donors (Lipinski definition) is 1. The van der Waals surface area contributed by atoms with E-state index in [2.05, 4.69) is 31.0 Å². The fourth-order valence-corrected chi connectivity index (χ4v) is 2.66. The van der Waals surface area contributed by atoms with Crippen molar-refractivity contribution in [1.82, 2.24) is 0 Å². The van der Waals surface area contributed by atoms with Gasteiger partial charge in [0, 0.05) is 32.5 Å². The summed E-state index contributed by atoms with van der Waals surface area (Å²) in [5.74, 6) is 0.737. The van der Waals surface area contributed by atoms with E-state index in [1.54, 1.807) is 0 Å². The minimum absolute atomic E-state index is 0.116. The van der Waals surface area contributed by atoms with Crippen molar-refractivity contribution >= 4 is 5.69 Å². The first-order chi connectivity index (χ1) is 8.70. The molecule has 0 saturated carbocycles. The lowest BCUT2D eigenvalue weighted by atomic mass is 9.99. The Labute approximate surface area is 109 Å². The van der Waals surface area contributed by atoms with Crippen molar-refractivity contribution in [3.05, 3.63) is 29.3 Å². The Hall–Kier alpha value is -1.06. The van der Waals surface area contributed by atoms with Gasteiger partial charge in [0.2, 0.25) is 0 Å². The molecule has 0 bridgehead atoms. The molecule has 0 atom stereocenters.